The molecule has 0 fully saturated rings. The molecule has 0 saturated carbocycles. The zero-order chi connectivity index (χ0) is 41.2. The number of rotatable bonds is 4. The summed E-state index contributed by atoms with van der Waals surface area (Å²) in [6.07, 6.45) is 0. The molecule has 0 radical (unpaired) electrons. The third-order valence-corrected chi connectivity index (χ3v) is 13.1. The van der Waals surface area contributed by atoms with Crippen molar-refractivity contribution in [2.45, 2.75) is 0 Å². The van der Waals surface area contributed by atoms with Gasteiger partial charge in [-0.1, -0.05) is 127 Å². The van der Waals surface area contributed by atoms with Crippen LogP contribution >= 0.6 is 0 Å². The number of aromatic nitrogens is 4. The van der Waals surface area contributed by atoms with E-state index >= 15 is 0 Å². The average molecular weight is 803 g/mol. The SMILES string of the molecule is c1cc(-c2nc(-c3ccc4c(c3)oc3ccccc34)c3ccccc3n2)cc(-n2c3ccccc3c3cc4ccc(-n5c6ccccc6c6c7ccccc7ccc65)cc4cc32)c1. The molecule has 0 aliphatic carbocycles. The normalized spacial score (nSPS) is 12.1. The number of hydrogen-bond acceptors (Lipinski definition) is 3. The van der Waals surface area contributed by atoms with Crippen LogP contribution in [0.5, 0.6) is 0 Å². The maximum Gasteiger partial charge on any atom is 0.160 e. The van der Waals surface area contributed by atoms with Gasteiger partial charge in [0.2, 0.25) is 0 Å². The predicted molar refractivity (Wildman–Crippen MR) is 261 cm³/mol. The maximum absolute atomic E-state index is 6.32. The highest BCUT2D eigenvalue weighted by Crippen LogP contribution is 2.40. The fraction of sp³-hybridized carbons (Fsp3) is 0. The summed E-state index contributed by atoms with van der Waals surface area (Å²) in [5.74, 6) is 0.671. The molecule has 0 bridgehead atoms. The minimum absolute atomic E-state index is 0.671. The van der Waals surface area contributed by atoms with Gasteiger partial charge in [-0.05, 0) is 100 Å². The first kappa shape index (κ1) is 34.2. The highest BCUT2D eigenvalue weighted by atomic mass is 16.3. The van der Waals surface area contributed by atoms with E-state index in [4.69, 9.17) is 14.4 Å². The van der Waals surface area contributed by atoms with E-state index in [1.165, 1.54) is 54.1 Å². The second-order valence-electron chi connectivity index (χ2n) is 16.6. The Balaban J connectivity index is 0.943. The summed E-state index contributed by atoms with van der Waals surface area (Å²) in [5, 5.41) is 13.1. The molecule has 0 aliphatic heterocycles. The Kier molecular flexibility index (Phi) is 7.05. The van der Waals surface area contributed by atoms with Crippen molar-refractivity contribution in [3.63, 3.8) is 0 Å². The molecule has 0 N–H and O–H groups in total. The topological polar surface area (TPSA) is 48.8 Å². The van der Waals surface area contributed by atoms with Crippen LogP contribution in [0.2, 0.25) is 0 Å². The molecule has 14 rings (SSSR count). The summed E-state index contributed by atoms with van der Waals surface area (Å²) in [6.45, 7) is 0. The first-order chi connectivity index (χ1) is 31.2. The number of fused-ring (bicyclic) bond motifs is 13. The van der Waals surface area contributed by atoms with E-state index in [2.05, 4.69) is 197 Å². The summed E-state index contributed by atoms with van der Waals surface area (Å²) in [5.41, 5.74) is 12.3. The molecule has 4 aromatic heterocycles. The number of benzene rings is 10. The van der Waals surface area contributed by atoms with Gasteiger partial charge < -0.3 is 13.6 Å². The second kappa shape index (κ2) is 13.0. The monoisotopic (exact) mass is 802 g/mol. The number of furan rings is 1. The molecule has 292 valence electrons. The third kappa shape index (κ3) is 5.05. The zero-order valence-corrected chi connectivity index (χ0v) is 33.8. The van der Waals surface area contributed by atoms with Gasteiger partial charge in [-0.15, -0.1) is 0 Å². The molecule has 63 heavy (non-hydrogen) atoms. The highest BCUT2D eigenvalue weighted by molar-refractivity contribution is 6.21. The van der Waals surface area contributed by atoms with Gasteiger partial charge in [0.05, 0.1) is 33.3 Å². The lowest BCUT2D eigenvalue weighted by Crippen LogP contribution is -1.98. The largest absolute Gasteiger partial charge is 0.456 e. The summed E-state index contributed by atoms with van der Waals surface area (Å²) in [4.78, 5) is 10.5. The molecule has 0 amide bonds. The van der Waals surface area contributed by atoms with Crippen LogP contribution in [0.3, 0.4) is 0 Å². The Morgan fingerprint density at radius 1 is 0.333 bits per heavy atom. The molecule has 5 heteroatoms. The van der Waals surface area contributed by atoms with E-state index in [1.54, 1.807) is 0 Å². The molecule has 4 heterocycles. The lowest BCUT2D eigenvalue weighted by atomic mass is 10.0. The maximum atomic E-state index is 6.32. The highest BCUT2D eigenvalue weighted by Gasteiger charge is 2.19. The quantitative estimate of drug-likeness (QED) is 0.178. The molecule has 10 aromatic carbocycles. The van der Waals surface area contributed by atoms with Crippen LogP contribution in [0.4, 0.5) is 0 Å². The van der Waals surface area contributed by atoms with Crippen LogP contribution in [-0.4, -0.2) is 19.1 Å². The minimum atomic E-state index is 0.671. The Morgan fingerprint density at radius 3 is 1.94 bits per heavy atom. The van der Waals surface area contributed by atoms with Crippen molar-refractivity contribution in [3.8, 4) is 34.0 Å². The Labute approximate surface area is 360 Å². The number of nitrogens with zero attached hydrogens (tertiary/aromatic N) is 4. The van der Waals surface area contributed by atoms with Gasteiger partial charge in [0.25, 0.3) is 0 Å². The zero-order valence-electron chi connectivity index (χ0n) is 33.8. The van der Waals surface area contributed by atoms with E-state index in [0.29, 0.717) is 5.82 Å². The van der Waals surface area contributed by atoms with Crippen LogP contribution in [-0.2, 0) is 0 Å². The van der Waals surface area contributed by atoms with Crippen LogP contribution in [0.1, 0.15) is 0 Å². The van der Waals surface area contributed by atoms with Crippen LogP contribution in [0.15, 0.2) is 211 Å². The fourth-order valence-corrected chi connectivity index (χ4v) is 10.2. The molecule has 0 spiro atoms. The lowest BCUT2D eigenvalue weighted by Gasteiger charge is -2.13. The van der Waals surface area contributed by atoms with Gasteiger partial charge in [0.15, 0.2) is 5.82 Å². The third-order valence-electron chi connectivity index (χ3n) is 13.1. The number of para-hydroxylation sites is 4. The van der Waals surface area contributed by atoms with Gasteiger partial charge in [0, 0.05) is 60.2 Å². The van der Waals surface area contributed by atoms with Crippen molar-refractivity contribution in [2.75, 3.05) is 0 Å². The van der Waals surface area contributed by atoms with E-state index in [9.17, 15) is 0 Å². The first-order valence-corrected chi connectivity index (χ1v) is 21.4. The van der Waals surface area contributed by atoms with Crippen molar-refractivity contribution in [3.05, 3.63) is 206 Å². The molecule has 5 nitrogen and oxygen atoms in total. The van der Waals surface area contributed by atoms with Crippen molar-refractivity contribution in [1.82, 2.24) is 19.1 Å². The Morgan fingerprint density at radius 2 is 1.03 bits per heavy atom. The lowest BCUT2D eigenvalue weighted by molar-refractivity contribution is 0.669. The van der Waals surface area contributed by atoms with Gasteiger partial charge in [0.1, 0.15) is 11.2 Å². The van der Waals surface area contributed by atoms with E-state index in [-0.39, 0.29) is 0 Å². The first-order valence-electron chi connectivity index (χ1n) is 21.4. The van der Waals surface area contributed by atoms with Crippen LogP contribution in [0, 0.1) is 0 Å². The smallest absolute Gasteiger partial charge is 0.160 e. The van der Waals surface area contributed by atoms with E-state index in [0.717, 1.165) is 72.1 Å². The molecule has 0 unspecified atom stereocenters. The molecule has 0 atom stereocenters. The summed E-state index contributed by atoms with van der Waals surface area (Å²) < 4.78 is 11.1. The van der Waals surface area contributed by atoms with Gasteiger partial charge in [-0.3, -0.25) is 0 Å². The minimum Gasteiger partial charge on any atom is -0.456 e. The predicted octanol–water partition coefficient (Wildman–Crippen LogP) is 15.4. The van der Waals surface area contributed by atoms with Crippen molar-refractivity contribution < 1.29 is 4.42 Å². The fourth-order valence-electron chi connectivity index (χ4n) is 10.2. The molecule has 14 aromatic rings. The van der Waals surface area contributed by atoms with Crippen LogP contribution < -0.4 is 0 Å². The van der Waals surface area contributed by atoms with E-state index in [1.807, 2.05) is 18.2 Å². The molecule has 0 saturated heterocycles. The van der Waals surface area contributed by atoms with Gasteiger partial charge in [-0.2, -0.15) is 0 Å². The summed E-state index contributed by atoms with van der Waals surface area (Å²) in [6, 6.07) is 73.8. The summed E-state index contributed by atoms with van der Waals surface area (Å²) >= 11 is 0. The average Bonchev–Trinajstić information content (AvgIpc) is 4.00. The number of hydrogen-bond donors (Lipinski definition) is 0. The summed E-state index contributed by atoms with van der Waals surface area (Å²) in [7, 11) is 0. The Hall–Kier alpha value is -8.54. The molecular weight excluding hydrogens is 769 g/mol. The molecule has 0 aliphatic rings. The second-order valence-corrected chi connectivity index (χ2v) is 16.6. The van der Waals surface area contributed by atoms with Crippen molar-refractivity contribution in [1.29, 1.82) is 0 Å². The Bertz CT molecular complexity index is 4230. The standard InChI is InChI=1S/C58H34N4O/c1-2-15-42-35(12-1)26-29-52-56(42)47-19-5-9-22-51(47)61(52)41-27-24-36-32-48-43-16-4-8-21-50(43)62(53(48)33-39(36)31-41)40-14-11-13-38(30-40)58-59-49-20-7-3-18-46(49)57(60-58)37-25-28-45-44-17-6-10-23-54(44)63-55(45)34-37/h1-34H. The van der Waals surface area contributed by atoms with E-state index < -0.39 is 0 Å². The van der Waals surface area contributed by atoms with Gasteiger partial charge >= 0.3 is 0 Å². The molecular formula is C58H34N4O. The van der Waals surface area contributed by atoms with Crippen molar-refractivity contribution >= 4 is 98.0 Å². The van der Waals surface area contributed by atoms with Gasteiger partial charge in [-0.25, -0.2) is 9.97 Å². The van der Waals surface area contributed by atoms with Crippen molar-refractivity contribution in [2.24, 2.45) is 0 Å². The van der Waals surface area contributed by atoms with Crippen LogP contribution in [0.25, 0.3) is 132 Å².